The molecule has 1 aliphatic heterocycles. The van der Waals surface area contributed by atoms with E-state index >= 15 is 0 Å². The molecule has 1 aliphatic rings. The Hall–Kier alpha value is -0.970. The first kappa shape index (κ1) is 11.5. The standard InChI is InChI=1S/C10H12ClF2N3/c1-7-9(15-8(11)6-14-7)16-4-2-10(12,13)3-5-16/h6H,2-5H2,1H3. The molecule has 0 radical (unpaired) electrons. The summed E-state index contributed by atoms with van der Waals surface area (Å²) in [5.74, 6) is -1.93. The van der Waals surface area contributed by atoms with Crippen LogP contribution in [0.3, 0.4) is 0 Å². The van der Waals surface area contributed by atoms with E-state index in [4.69, 9.17) is 11.6 Å². The fourth-order valence-corrected chi connectivity index (χ4v) is 1.89. The van der Waals surface area contributed by atoms with Crippen molar-refractivity contribution in [1.82, 2.24) is 9.97 Å². The first-order valence-electron chi connectivity index (χ1n) is 5.10. The molecule has 0 N–H and O–H groups in total. The molecule has 1 aromatic rings. The molecular formula is C10H12ClF2N3. The van der Waals surface area contributed by atoms with Crippen LogP contribution in [-0.2, 0) is 0 Å². The molecule has 0 unspecified atom stereocenters. The molecule has 0 bridgehead atoms. The summed E-state index contributed by atoms with van der Waals surface area (Å²) in [4.78, 5) is 10.0. The summed E-state index contributed by atoms with van der Waals surface area (Å²) in [6, 6.07) is 0. The number of nitrogens with zero attached hydrogens (tertiary/aromatic N) is 3. The summed E-state index contributed by atoms with van der Waals surface area (Å²) >= 11 is 5.74. The molecule has 2 rings (SSSR count). The molecule has 0 amide bonds. The van der Waals surface area contributed by atoms with Gasteiger partial charge in [0.05, 0.1) is 11.9 Å². The summed E-state index contributed by atoms with van der Waals surface area (Å²) in [5.41, 5.74) is 0.717. The summed E-state index contributed by atoms with van der Waals surface area (Å²) in [5, 5.41) is 0.290. The van der Waals surface area contributed by atoms with Gasteiger partial charge >= 0.3 is 0 Å². The average Bonchev–Trinajstić information content (AvgIpc) is 2.22. The van der Waals surface area contributed by atoms with Crippen molar-refractivity contribution in [3.8, 4) is 0 Å². The highest BCUT2D eigenvalue weighted by atomic mass is 35.5. The van der Waals surface area contributed by atoms with Gasteiger partial charge in [-0.15, -0.1) is 0 Å². The van der Waals surface area contributed by atoms with Gasteiger partial charge in [-0.3, -0.25) is 4.98 Å². The van der Waals surface area contributed by atoms with Crippen LogP contribution in [-0.4, -0.2) is 29.0 Å². The topological polar surface area (TPSA) is 29.0 Å². The monoisotopic (exact) mass is 247 g/mol. The van der Waals surface area contributed by atoms with E-state index in [1.54, 1.807) is 6.92 Å². The number of halogens is 3. The highest BCUT2D eigenvalue weighted by Crippen LogP contribution is 2.30. The van der Waals surface area contributed by atoms with Crippen molar-refractivity contribution in [2.45, 2.75) is 25.7 Å². The van der Waals surface area contributed by atoms with Crippen molar-refractivity contribution in [3.05, 3.63) is 17.0 Å². The molecule has 0 aliphatic carbocycles. The smallest absolute Gasteiger partial charge is 0.251 e. The van der Waals surface area contributed by atoms with Gasteiger partial charge in [0.25, 0.3) is 5.92 Å². The predicted octanol–water partition coefficient (Wildman–Crippen LogP) is 2.67. The van der Waals surface area contributed by atoms with Crippen LogP contribution in [0.4, 0.5) is 14.6 Å². The van der Waals surface area contributed by atoms with Gasteiger partial charge in [0, 0.05) is 25.9 Å². The van der Waals surface area contributed by atoms with Crippen molar-refractivity contribution in [2.75, 3.05) is 18.0 Å². The van der Waals surface area contributed by atoms with E-state index < -0.39 is 5.92 Å². The van der Waals surface area contributed by atoms with Gasteiger partial charge in [0.1, 0.15) is 5.15 Å². The Morgan fingerprint density at radius 1 is 1.38 bits per heavy atom. The Morgan fingerprint density at radius 3 is 2.62 bits per heavy atom. The third-order valence-corrected chi connectivity index (χ3v) is 2.88. The van der Waals surface area contributed by atoms with Crippen molar-refractivity contribution in [3.63, 3.8) is 0 Å². The van der Waals surface area contributed by atoms with Crippen LogP contribution in [0.15, 0.2) is 6.20 Å². The minimum atomic E-state index is -2.55. The third-order valence-electron chi connectivity index (χ3n) is 2.70. The van der Waals surface area contributed by atoms with Crippen LogP contribution in [0.5, 0.6) is 0 Å². The maximum absolute atomic E-state index is 13.0. The van der Waals surface area contributed by atoms with Gasteiger partial charge in [-0.1, -0.05) is 11.6 Å². The lowest BCUT2D eigenvalue weighted by Gasteiger charge is -2.33. The van der Waals surface area contributed by atoms with E-state index in [1.807, 2.05) is 4.90 Å². The van der Waals surface area contributed by atoms with Crippen LogP contribution in [0, 0.1) is 6.92 Å². The van der Waals surface area contributed by atoms with E-state index in [0.717, 1.165) is 5.69 Å². The number of rotatable bonds is 1. The molecule has 6 heteroatoms. The molecule has 0 spiro atoms. The van der Waals surface area contributed by atoms with Gasteiger partial charge in [0.2, 0.25) is 0 Å². The van der Waals surface area contributed by atoms with Gasteiger partial charge < -0.3 is 4.90 Å². The number of aromatic nitrogens is 2. The highest BCUT2D eigenvalue weighted by molar-refractivity contribution is 6.29. The van der Waals surface area contributed by atoms with Crippen LogP contribution < -0.4 is 4.90 Å². The zero-order chi connectivity index (χ0) is 11.8. The molecule has 88 valence electrons. The van der Waals surface area contributed by atoms with E-state index in [2.05, 4.69) is 9.97 Å². The zero-order valence-corrected chi connectivity index (χ0v) is 9.64. The minimum absolute atomic E-state index is 0.138. The number of piperidine rings is 1. The second kappa shape index (κ2) is 4.13. The molecule has 2 heterocycles. The molecular weight excluding hydrogens is 236 g/mol. The summed E-state index contributed by atoms with van der Waals surface area (Å²) in [6.07, 6.45) is 1.18. The maximum atomic E-state index is 13.0. The Bertz CT molecular complexity index is 388. The fraction of sp³-hybridized carbons (Fsp3) is 0.600. The molecule has 3 nitrogen and oxygen atoms in total. The Kier molecular flexibility index (Phi) is 2.97. The summed E-state index contributed by atoms with van der Waals surface area (Å²) < 4.78 is 26.0. The summed E-state index contributed by atoms with van der Waals surface area (Å²) in [6.45, 7) is 2.39. The maximum Gasteiger partial charge on any atom is 0.251 e. The number of hydrogen-bond acceptors (Lipinski definition) is 3. The number of aryl methyl sites for hydroxylation is 1. The van der Waals surface area contributed by atoms with E-state index in [9.17, 15) is 8.78 Å². The van der Waals surface area contributed by atoms with Gasteiger partial charge in [0.15, 0.2) is 5.82 Å². The normalized spacial score (nSPS) is 19.9. The Labute approximate surface area is 97.4 Å². The Balaban J connectivity index is 2.17. The second-order valence-electron chi connectivity index (χ2n) is 3.94. The van der Waals surface area contributed by atoms with Gasteiger partial charge in [-0.2, -0.15) is 0 Å². The van der Waals surface area contributed by atoms with E-state index in [0.29, 0.717) is 18.9 Å². The van der Waals surface area contributed by atoms with Crippen LogP contribution in [0.2, 0.25) is 5.15 Å². The van der Waals surface area contributed by atoms with Crippen molar-refractivity contribution in [1.29, 1.82) is 0 Å². The molecule has 1 fully saturated rings. The van der Waals surface area contributed by atoms with Crippen molar-refractivity contribution >= 4 is 17.4 Å². The average molecular weight is 248 g/mol. The molecule has 0 aromatic carbocycles. The summed E-state index contributed by atoms with van der Waals surface area (Å²) in [7, 11) is 0. The molecule has 0 saturated carbocycles. The first-order valence-corrected chi connectivity index (χ1v) is 5.48. The highest BCUT2D eigenvalue weighted by Gasteiger charge is 2.34. The van der Waals surface area contributed by atoms with Crippen LogP contribution >= 0.6 is 11.6 Å². The molecule has 16 heavy (non-hydrogen) atoms. The van der Waals surface area contributed by atoms with Crippen molar-refractivity contribution in [2.24, 2.45) is 0 Å². The molecule has 1 aromatic heterocycles. The van der Waals surface area contributed by atoms with Gasteiger partial charge in [-0.05, 0) is 6.92 Å². The lowest BCUT2D eigenvalue weighted by atomic mass is 10.1. The Morgan fingerprint density at radius 2 is 2.00 bits per heavy atom. The lowest BCUT2D eigenvalue weighted by Crippen LogP contribution is -2.40. The van der Waals surface area contributed by atoms with E-state index in [1.165, 1.54) is 6.20 Å². The largest absolute Gasteiger partial charge is 0.355 e. The van der Waals surface area contributed by atoms with Crippen LogP contribution in [0.1, 0.15) is 18.5 Å². The minimum Gasteiger partial charge on any atom is -0.355 e. The molecule has 0 atom stereocenters. The van der Waals surface area contributed by atoms with Crippen LogP contribution in [0.25, 0.3) is 0 Å². The predicted molar refractivity (Wildman–Crippen MR) is 58.2 cm³/mol. The van der Waals surface area contributed by atoms with Gasteiger partial charge in [-0.25, -0.2) is 13.8 Å². The van der Waals surface area contributed by atoms with Crippen molar-refractivity contribution < 1.29 is 8.78 Å². The zero-order valence-electron chi connectivity index (χ0n) is 8.88. The number of anilines is 1. The fourth-order valence-electron chi connectivity index (χ4n) is 1.76. The number of hydrogen-bond donors (Lipinski definition) is 0. The lowest BCUT2D eigenvalue weighted by molar-refractivity contribution is -0.0221. The quantitative estimate of drug-likeness (QED) is 0.764. The second-order valence-corrected chi connectivity index (χ2v) is 4.33. The third kappa shape index (κ3) is 2.40. The molecule has 1 saturated heterocycles. The van der Waals surface area contributed by atoms with E-state index in [-0.39, 0.29) is 18.0 Å². The number of alkyl halides is 2. The first-order chi connectivity index (χ1) is 7.48. The SMILES string of the molecule is Cc1ncc(Cl)nc1N1CCC(F)(F)CC1.